The first-order chi connectivity index (χ1) is 18.2. The summed E-state index contributed by atoms with van der Waals surface area (Å²) in [5.74, 6) is -1.03. The van der Waals surface area contributed by atoms with Crippen LogP contribution in [0.2, 0.25) is 0 Å². The Labute approximate surface area is 224 Å². The van der Waals surface area contributed by atoms with Crippen molar-refractivity contribution in [2.24, 2.45) is 0 Å². The molecule has 1 aromatic heterocycles. The van der Waals surface area contributed by atoms with E-state index in [1.54, 1.807) is 0 Å². The van der Waals surface area contributed by atoms with Gasteiger partial charge in [-0.05, 0) is 37.8 Å². The van der Waals surface area contributed by atoms with Crippen LogP contribution in [0.5, 0.6) is 0 Å². The van der Waals surface area contributed by atoms with E-state index in [4.69, 9.17) is 24.1 Å². The van der Waals surface area contributed by atoms with E-state index in [9.17, 15) is 9.59 Å². The fourth-order valence-electron chi connectivity index (χ4n) is 4.29. The third kappa shape index (κ3) is 18.9. The van der Waals surface area contributed by atoms with Gasteiger partial charge in [0, 0.05) is 13.2 Å². The predicted octanol–water partition coefficient (Wildman–Crippen LogP) is 7.38. The van der Waals surface area contributed by atoms with Crippen molar-refractivity contribution in [2.45, 2.75) is 128 Å². The number of aliphatic hydroxyl groups excluding tert-OH is 2. The molecule has 0 aromatic carbocycles. The molecule has 214 valence electrons. The number of carbonyl (C=O) groups is 2. The second-order valence-corrected chi connectivity index (χ2v) is 9.95. The number of carbonyl (C=O) groups excluding carboxylic acids is 2. The molecule has 1 rings (SSSR count). The molecule has 1 aromatic rings. The fraction of sp³-hybridized carbons (Fsp3) is 0.800. The average Bonchev–Trinajstić information content (AvgIpc) is 3.40. The number of rotatable bonds is 26. The Morgan fingerprint density at radius 2 is 0.757 bits per heavy atom. The monoisotopic (exact) mass is 524 g/mol. The zero-order valence-electron chi connectivity index (χ0n) is 23.1. The van der Waals surface area contributed by atoms with Gasteiger partial charge in [0.05, 0.1) is 13.2 Å². The van der Waals surface area contributed by atoms with Crippen molar-refractivity contribution in [3.63, 3.8) is 0 Å². The van der Waals surface area contributed by atoms with Crippen LogP contribution < -0.4 is 0 Å². The van der Waals surface area contributed by atoms with Gasteiger partial charge in [-0.3, -0.25) is 0 Å². The van der Waals surface area contributed by atoms with Gasteiger partial charge >= 0.3 is 11.9 Å². The summed E-state index contributed by atoms with van der Waals surface area (Å²) >= 11 is 0. The van der Waals surface area contributed by atoms with Crippen molar-refractivity contribution < 1.29 is 33.7 Å². The lowest BCUT2D eigenvalue weighted by Crippen LogP contribution is -2.07. The first kappa shape index (κ1) is 33.2. The van der Waals surface area contributed by atoms with Crippen molar-refractivity contribution in [1.82, 2.24) is 0 Å². The first-order valence-corrected chi connectivity index (χ1v) is 14.8. The van der Waals surface area contributed by atoms with E-state index in [-0.39, 0.29) is 11.5 Å². The number of ether oxygens (including phenoxy) is 2. The molecule has 2 N–H and O–H groups in total. The highest BCUT2D eigenvalue weighted by Crippen LogP contribution is 2.14. The summed E-state index contributed by atoms with van der Waals surface area (Å²) in [6.07, 6.45) is 22.3. The highest BCUT2D eigenvalue weighted by Gasteiger charge is 2.17. The molecule has 0 radical (unpaired) electrons. The van der Waals surface area contributed by atoms with Gasteiger partial charge in [0.25, 0.3) is 0 Å². The summed E-state index contributed by atoms with van der Waals surface area (Å²) in [6.45, 7) is 1.30. The molecule has 0 aliphatic heterocycles. The molecule has 0 amide bonds. The van der Waals surface area contributed by atoms with Crippen LogP contribution in [0, 0.1) is 0 Å². The smallest absolute Gasteiger partial charge is 0.374 e. The Morgan fingerprint density at radius 3 is 1.05 bits per heavy atom. The number of hydrogen-bond acceptors (Lipinski definition) is 7. The lowest BCUT2D eigenvalue weighted by atomic mass is 10.1. The van der Waals surface area contributed by atoms with E-state index in [0.29, 0.717) is 26.4 Å². The Kier molecular flexibility index (Phi) is 21.9. The first-order valence-electron chi connectivity index (χ1n) is 14.8. The molecular weight excluding hydrogens is 472 g/mol. The molecule has 0 aliphatic carbocycles. The van der Waals surface area contributed by atoms with Crippen molar-refractivity contribution in [1.29, 1.82) is 0 Å². The average molecular weight is 525 g/mol. The summed E-state index contributed by atoms with van der Waals surface area (Å²) in [4.78, 5) is 24.3. The minimum absolute atomic E-state index is 0.0320. The maximum Gasteiger partial charge on any atom is 0.374 e. The minimum atomic E-state index is -0.546. The van der Waals surface area contributed by atoms with Crippen LogP contribution in [-0.2, 0) is 9.47 Å². The second-order valence-electron chi connectivity index (χ2n) is 9.95. The lowest BCUT2D eigenvalue weighted by molar-refractivity contribution is 0.0426. The van der Waals surface area contributed by atoms with Gasteiger partial charge in [-0.2, -0.15) is 0 Å². The number of furan rings is 1. The Balaban J connectivity index is 1.99. The van der Waals surface area contributed by atoms with Crippen LogP contribution in [0.3, 0.4) is 0 Å². The summed E-state index contributed by atoms with van der Waals surface area (Å²) in [5.41, 5.74) is 0. The van der Waals surface area contributed by atoms with Gasteiger partial charge in [-0.25, -0.2) is 9.59 Å². The highest BCUT2D eigenvalue weighted by atomic mass is 16.6. The molecule has 0 saturated heterocycles. The number of aliphatic hydroxyl groups is 2. The van der Waals surface area contributed by atoms with E-state index in [0.717, 1.165) is 64.2 Å². The van der Waals surface area contributed by atoms with Crippen molar-refractivity contribution in [3.05, 3.63) is 23.7 Å². The zero-order chi connectivity index (χ0) is 26.8. The number of esters is 2. The molecule has 0 saturated carbocycles. The van der Waals surface area contributed by atoms with Crippen LogP contribution in [-0.4, -0.2) is 48.6 Å². The molecular formula is C30H52O7. The van der Waals surface area contributed by atoms with Gasteiger partial charge in [-0.15, -0.1) is 0 Å². The molecule has 7 heteroatoms. The van der Waals surface area contributed by atoms with Crippen molar-refractivity contribution >= 4 is 11.9 Å². The van der Waals surface area contributed by atoms with Gasteiger partial charge in [0.2, 0.25) is 11.5 Å². The zero-order valence-corrected chi connectivity index (χ0v) is 23.1. The predicted molar refractivity (Wildman–Crippen MR) is 146 cm³/mol. The molecule has 0 spiro atoms. The van der Waals surface area contributed by atoms with Gasteiger partial charge < -0.3 is 24.1 Å². The van der Waals surface area contributed by atoms with Gasteiger partial charge in [-0.1, -0.05) is 103 Å². The largest absolute Gasteiger partial charge is 0.460 e. The number of unbranched alkanes of at least 4 members (excludes halogenated alkanes) is 18. The van der Waals surface area contributed by atoms with Crippen LogP contribution in [0.1, 0.15) is 150 Å². The molecule has 1 heterocycles. The van der Waals surface area contributed by atoms with Crippen LogP contribution >= 0.6 is 0 Å². The minimum Gasteiger partial charge on any atom is -0.460 e. The molecule has 37 heavy (non-hydrogen) atoms. The fourth-order valence-corrected chi connectivity index (χ4v) is 4.29. The standard InChI is InChI=1S/C30H52O7/c31-23-17-13-9-5-1-3-7-11-15-19-25-35-29(33)27-21-22-28(37-27)30(34)36-26-20-16-12-8-4-2-6-10-14-18-24-32/h21-22,31-32H,1-20,23-26H2. The van der Waals surface area contributed by atoms with Crippen molar-refractivity contribution in [3.8, 4) is 0 Å². The molecule has 0 fully saturated rings. The normalized spacial score (nSPS) is 11.1. The summed E-state index contributed by atoms with van der Waals surface area (Å²) in [7, 11) is 0. The summed E-state index contributed by atoms with van der Waals surface area (Å²) in [5, 5.41) is 17.5. The maximum absolute atomic E-state index is 12.1. The van der Waals surface area contributed by atoms with Gasteiger partial charge in [0.1, 0.15) is 0 Å². The van der Waals surface area contributed by atoms with Crippen LogP contribution in [0.15, 0.2) is 16.5 Å². The maximum atomic E-state index is 12.1. The summed E-state index contributed by atoms with van der Waals surface area (Å²) < 4.78 is 15.9. The van der Waals surface area contributed by atoms with Crippen LogP contribution in [0.4, 0.5) is 0 Å². The topological polar surface area (TPSA) is 106 Å². The van der Waals surface area contributed by atoms with E-state index >= 15 is 0 Å². The molecule has 0 aliphatic rings. The third-order valence-electron chi connectivity index (χ3n) is 6.58. The molecule has 0 unspecified atom stereocenters. The number of hydrogen-bond donors (Lipinski definition) is 2. The Hall–Kier alpha value is -1.86. The van der Waals surface area contributed by atoms with E-state index < -0.39 is 11.9 Å². The SMILES string of the molecule is O=C(OCCCCCCCCCCCCO)c1ccc(C(=O)OCCCCCCCCCCCCO)o1. The summed E-state index contributed by atoms with van der Waals surface area (Å²) in [6, 6.07) is 2.92. The van der Waals surface area contributed by atoms with Gasteiger partial charge in [0.15, 0.2) is 0 Å². The third-order valence-corrected chi connectivity index (χ3v) is 6.58. The molecule has 0 atom stereocenters. The Morgan fingerprint density at radius 1 is 0.486 bits per heavy atom. The van der Waals surface area contributed by atoms with E-state index in [1.807, 2.05) is 0 Å². The van der Waals surface area contributed by atoms with Crippen LogP contribution in [0.25, 0.3) is 0 Å². The Bertz CT molecular complexity index is 616. The molecule has 0 bridgehead atoms. The highest BCUT2D eigenvalue weighted by molar-refractivity contribution is 5.90. The molecule has 7 nitrogen and oxygen atoms in total. The lowest BCUT2D eigenvalue weighted by Gasteiger charge is -2.05. The van der Waals surface area contributed by atoms with E-state index in [2.05, 4.69) is 0 Å². The quantitative estimate of drug-likeness (QED) is 0.0961. The van der Waals surface area contributed by atoms with Crippen molar-refractivity contribution in [2.75, 3.05) is 26.4 Å². The van der Waals surface area contributed by atoms with E-state index in [1.165, 1.54) is 76.3 Å². The second kappa shape index (κ2) is 24.5.